The molecule has 2 aliphatic rings. The highest BCUT2D eigenvalue weighted by molar-refractivity contribution is 8.00. The molecule has 0 aromatic heterocycles. The van der Waals surface area contributed by atoms with E-state index in [2.05, 4.69) is 18.7 Å². The van der Waals surface area contributed by atoms with Crippen LogP contribution in [0.3, 0.4) is 0 Å². The first kappa shape index (κ1) is 14.2. The van der Waals surface area contributed by atoms with E-state index < -0.39 is 0 Å². The molecule has 1 saturated carbocycles. The molecule has 0 aromatic carbocycles. The summed E-state index contributed by atoms with van der Waals surface area (Å²) in [6.07, 6.45) is 4.12. The fourth-order valence-corrected chi connectivity index (χ4v) is 4.28. The maximum absolute atomic E-state index is 12.3. The highest BCUT2D eigenvalue weighted by atomic mass is 32.2. The fourth-order valence-electron chi connectivity index (χ4n) is 2.98. The molecule has 104 valence electrons. The van der Waals surface area contributed by atoms with Gasteiger partial charge in [-0.3, -0.25) is 4.79 Å². The zero-order valence-electron chi connectivity index (χ0n) is 11.6. The second-order valence-electron chi connectivity index (χ2n) is 6.05. The van der Waals surface area contributed by atoms with Crippen LogP contribution >= 0.6 is 11.8 Å². The Kier molecular flexibility index (Phi) is 4.96. The van der Waals surface area contributed by atoms with Crippen LogP contribution in [0.15, 0.2) is 0 Å². The topological polar surface area (TPSA) is 46.3 Å². The number of carbonyl (C=O) groups is 1. The second kappa shape index (κ2) is 6.29. The molecule has 1 saturated heterocycles. The molecule has 3 atom stereocenters. The van der Waals surface area contributed by atoms with Crippen LogP contribution in [0, 0.1) is 11.8 Å². The Morgan fingerprint density at radius 1 is 1.44 bits per heavy atom. The quantitative estimate of drug-likeness (QED) is 0.854. The van der Waals surface area contributed by atoms with Crippen molar-refractivity contribution in [2.24, 2.45) is 17.6 Å². The summed E-state index contributed by atoms with van der Waals surface area (Å²) in [4.78, 5) is 14.4. The summed E-state index contributed by atoms with van der Waals surface area (Å²) in [6, 6.07) is 0.258. The molecule has 18 heavy (non-hydrogen) atoms. The molecule has 0 bridgehead atoms. The normalized spacial score (nSPS) is 33.1. The van der Waals surface area contributed by atoms with E-state index in [1.54, 1.807) is 0 Å². The Labute approximate surface area is 115 Å². The van der Waals surface area contributed by atoms with Crippen LogP contribution in [0.4, 0.5) is 0 Å². The third kappa shape index (κ3) is 3.41. The molecule has 2 rings (SSSR count). The molecule has 3 nitrogen and oxygen atoms in total. The number of carbonyl (C=O) groups excluding carboxylic acids is 1. The third-order valence-electron chi connectivity index (χ3n) is 4.34. The summed E-state index contributed by atoms with van der Waals surface area (Å²) in [5.41, 5.74) is 6.06. The first-order chi connectivity index (χ1) is 8.58. The molecule has 1 amide bonds. The average Bonchev–Trinajstić information content (AvgIpc) is 2.75. The average molecular weight is 270 g/mol. The fraction of sp³-hybridized carbons (Fsp3) is 0.929. The van der Waals surface area contributed by atoms with Gasteiger partial charge in [0.25, 0.3) is 0 Å². The van der Waals surface area contributed by atoms with E-state index in [9.17, 15) is 4.79 Å². The predicted octanol–water partition coefficient (Wildman–Crippen LogP) is 2.10. The molecule has 0 spiro atoms. The number of nitrogens with two attached hydrogens (primary N) is 1. The van der Waals surface area contributed by atoms with Crippen LogP contribution in [-0.4, -0.2) is 40.9 Å². The lowest BCUT2D eigenvalue weighted by atomic mass is 9.99. The van der Waals surface area contributed by atoms with Gasteiger partial charge in [0.15, 0.2) is 0 Å². The number of nitrogens with zero attached hydrogens (tertiary/aromatic N) is 1. The van der Waals surface area contributed by atoms with Crippen molar-refractivity contribution in [3.63, 3.8) is 0 Å². The molecule has 4 heteroatoms. The molecule has 1 heterocycles. The highest BCUT2D eigenvalue weighted by Crippen LogP contribution is 2.29. The third-order valence-corrected chi connectivity index (χ3v) is 5.88. The standard InChI is InChI=1S/C14H26N2OS/c1-10(2)13-9-16(6-7-18-13)14(17)8-11-4-3-5-12(11)15/h10-13H,3-9,15H2,1-2H3/t11-,12+,13?/m0/s1. The van der Waals surface area contributed by atoms with Crippen molar-refractivity contribution in [2.45, 2.75) is 50.8 Å². The van der Waals surface area contributed by atoms with Gasteiger partial charge < -0.3 is 10.6 Å². The molecule has 1 unspecified atom stereocenters. The second-order valence-corrected chi connectivity index (χ2v) is 7.40. The Morgan fingerprint density at radius 3 is 2.83 bits per heavy atom. The summed E-state index contributed by atoms with van der Waals surface area (Å²) in [6.45, 7) is 6.36. The Bertz CT molecular complexity index is 296. The van der Waals surface area contributed by atoms with Crippen molar-refractivity contribution in [1.29, 1.82) is 0 Å². The predicted molar refractivity (Wildman–Crippen MR) is 77.6 cm³/mol. The van der Waals surface area contributed by atoms with Gasteiger partial charge in [0.2, 0.25) is 5.91 Å². The van der Waals surface area contributed by atoms with Crippen LogP contribution in [0.2, 0.25) is 0 Å². The lowest BCUT2D eigenvalue weighted by molar-refractivity contribution is -0.132. The highest BCUT2D eigenvalue weighted by Gasteiger charge is 2.30. The van der Waals surface area contributed by atoms with Gasteiger partial charge in [-0.25, -0.2) is 0 Å². The Morgan fingerprint density at radius 2 is 2.22 bits per heavy atom. The van der Waals surface area contributed by atoms with Crippen molar-refractivity contribution in [1.82, 2.24) is 4.90 Å². The molecular weight excluding hydrogens is 244 g/mol. The molecule has 2 fully saturated rings. The van der Waals surface area contributed by atoms with Gasteiger partial charge in [0.05, 0.1) is 0 Å². The largest absolute Gasteiger partial charge is 0.341 e. The first-order valence-electron chi connectivity index (χ1n) is 7.23. The van der Waals surface area contributed by atoms with Crippen molar-refractivity contribution in [2.75, 3.05) is 18.8 Å². The summed E-state index contributed by atoms with van der Waals surface area (Å²) in [5, 5.41) is 0.611. The summed E-state index contributed by atoms with van der Waals surface area (Å²) < 4.78 is 0. The maximum Gasteiger partial charge on any atom is 0.222 e. The SMILES string of the molecule is CC(C)C1CN(C(=O)C[C@@H]2CCC[C@H]2N)CCS1. The van der Waals surface area contributed by atoms with Crippen molar-refractivity contribution < 1.29 is 4.79 Å². The zero-order valence-corrected chi connectivity index (χ0v) is 12.4. The van der Waals surface area contributed by atoms with E-state index in [0.717, 1.165) is 31.7 Å². The minimum Gasteiger partial charge on any atom is -0.341 e. The number of thioether (sulfide) groups is 1. The lowest BCUT2D eigenvalue weighted by Crippen LogP contribution is -2.44. The summed E-state index contributed by atoms with van der Waals surface area (Å²) >= 11 is 2.02. The van der Waals surface area contributed by atoms with Gasteiger partial charge in [-0.1, -0.05) is 20.3 Å². The van der Waals surface area contributed by atoms with Crippen LogP contribution in [0.25, 0.3) is 0 Å². The van der Waals surface area contributed by atoms with E-state index >= 15 is 0 Å². The molecular formula is C14H26N2OS. The van der Waals surface area contributed by atoms with Crippen LogP contribution in [0.1, 0.15) is 39.5 Å². The summed E-state index contributed by atoms with van der Waals surface area (Å²) in [7, 11) is 0. The first-order valence-corrected chi connectivity index (χ1v) is 8.27. The number of hydrogen-bond acceptors (Lipinski definition) is 3. The maximum atomic E-state index is 12.3. The van der Waals surface area contributed by atoms with Crippen molar-refractivity contribution in [3.8, 4) is 0 Å². The number of hydrogen-bond donors (Lipinski definition) is 1. The molecule has 2 N–H and O–H groups in total. The van der Waals surface area contributed by atoms with E-state index in [1.165, 1.54) is 6.42 Å². The zero-order chi connectivity index (χ0) is 13.1. The van der Waals surface area contributed by atoms with Gasteiger partial charge in [-0.05, 0) is 24.7 Å². The van der Waals surface area contributed by atoms with Crippen molar-refractivity contribution in [3.05, 3.63) is 0 Å². The molecule has 0 aromatic rings. The minimum atomic E-state index is 0.258. The van der Waals surface area contributed by atoms with Crippen molar-refractivity contribution >= 4 is 17.7 Å². The minimum absolute atomic E-state index is 0.258. The molecule has 1 aliphatic carbocycles. The van der Waals surface area contributed by atoms with Gasteiger partial charge in [0, 0.05) is 36.6 Å². The van der Waals surface area contributed by atoms with E-state index in [4.69, 9.17) is 5.73 Å². The Balaban J connectivity index is 1.84. The monoisotopic (exact) mass is 270 g/mol. The number of rotatable bonds is 3. The van der Waals surface area contributed by atoms with Gasteiger partial charge >= 0.3 is 0 Å². The van der Waals surface area contributed by atoms with Gasteiger partial charge in [-0.15, -0.1) is 0 Å². The van der Waals surface area contributed by atoms with E-state index in [-0.39, 0.29) is 6.04 Å². The van der Waals surface area contributed by atoms with Crippen LogP contribution in [0.5, 0.6) is 0 Å². The molecule has 0 radical (unpaired) electrons. The van der Waals surface area contributed by atoms with E-state index in [1.807, 2.05) is 11.8 Å². The van der Waals surface area contributed by atoms with Gasteiger partial charge in [0.1, 0.15) is 0 Å². The number of amides is 1. The van der Waals surface area contributed by atoms with Gasteiger partial charge in [-0.2, -0.15) is 11.8 Å². The smallest absolute Gasteiger partial charge is 0.222 e. The lowest BCUT2D eigenvalue weighted by Gasteiger charge is -2.35. The Hall–Kier alpha value is -0.220. The van der Waals surface area contributed by atoms with Crippen LogP contribution < -0.4 is 5.73 Å². The summed E-state index contributed by atoms with van der Waals surface area (Å²) in [5.74, 6) is 2.51. The molecule has 1 aliphatic heterocycles. The van der Waals surface area contributed by atoms with E-state index in [0.29, 0.717) is 29.4 Å². The van der Waals surface area contributed by atoms with Crippen LogP contribution in [-0.2, 0) is 4.79 Å².